The Morgan fingerprint density at radius 1 is 1.03 bits per heavy atom. The van der Waals surface area contributed by atoms with Gasteiger partial charge in [0.2, 0.25) is 0 Å². The summed E-state index contributed by atoms with van der Waals surface area (Å²) >= 11 is 4.90. The highest BCUT2D eigenvalue weighted by Gasteiger charge is 2.32. The molecule has 1 fully saturated rings. The number of amides is 1. The van der Waals surface area contributed by atoms with Crippen LogP contribution in [0, 0.1) is 5.82 Å². The minimum Gasteiger partial charge on any atom is -0.493 e. The van der Waals surface area contributed by atoms with Crippen molar-refractivity contribution in [2.75, 3.05) is 13.7 Å². The maximum Gasteiger partial charge on any atom is 0.266 e. The molecule has 1 amide bonds. The van der Waals surface area contributed by atoms with Crippen molar-refractivity contribution in [3.05, 3.63) is 105 Å². The van der Waals surface area contributed by atoms with Crippen LogP contribution in [-0.4, -0.2) is 29.6 Å². The zero-order valence-corrected chi connectivity index (χ0v) is 23.2. The van der Waals surface area contributed by atoms with Gasteiger partial charge in [-0.2, -0.15) is 0 Å². The molecule has 0 spiro atoms. The Labute approximate surface area is 233 Å². The van der Waals surface area contributed by atoms with Crippen LogP contribution in [0.25, 0.3) is 16.8 Å². The van der Waals surface area contributed by atoms with E-state index >= 15 is 0 Å². The Balaban J connectivity index is 1.38. The second kappa shape index (κ2) is 11.4. The van der Waals surface area contributed by atoms with E-state index in [1.807, 2.05) is 37.3 Å². The zero-order chi connectivity index (χ0) is 26.6. The average molecular weight is 592 g/mol. The van der Waals surface area contributed by atoms with Crippen LogP contribution in [0.4, 0.5) is 10.1 Å². The fourth-order valence-electron chi connectivity index (χ4n) is 4.09. The number of ether oxygens (including phenoxy) is 2. The van der Waals surface area contributed by atoms with Crippen molar-refractivity contribution in [3.8, 4) is 11.5 Å². The number of likely N-dealkylation sites (N-methyl/N-ethyl adjacent to an activating group) is 1. The molecule has 1 saturated heterocycles. The van der Waals surface area contributed by atoms with E-state index in [-0.39, 0.29) is 11.7 Å². The Morgan fingerprint density at radius 3 is 2.53 bits per heavy atom. The molecule has 4 aromatic rings. The molecular weight excluding hydrogens is 567 g/mol. The van der Waals surface area contributed by atoms with Crippen LogP contribution >= 0.6 is 27.7 Å². The van der Waals surface area contributed by atoms with Crippen molar-refractivity contribution in [1.82, 2.24) is 4.90 Å². The van der Waals surface area contributed by atoms with Gasteiger partial charge in [0.1, 0.15) is 12.4 Å². The number of benzene rings is 4. The molecule has 4 aromatic carbocycles. The lowest BCUT2D eigenvalue weighted by Crippen LogP contribution is -2.28. The highest BCUT2D eigenvalue weighted by Crippen LogP contribution is 2.40. The van der Waals surface area contributed by atoms with E-state index in [9.17, 15) is 9.18 Å². The average Bonchev–Trinajstić information content (AvgIpc) is 3.22. The summed E-state index contributed by atoms with van der Waals surface area (Å²) in [6.07, 6.45) is 1.81. The van der Waals surface area contributed by atoms with Crippen LogP contribution in [-0.2, 0) is 11.4 Å². The van der Waals surface area contributed by atoms with Gasteiger partial charge in [-0.1, -0.05) is 36.4 Å². The topological polar surface area (TPSA) is 51.1 Å². The lowest BCUT2D eigenvalue weighted by Gasteiger charge is -2.14. The fraction of sp³-hybridized carbons (Fsp3) is 0.133. The lowest BCUT2D eigenvalue weighted by molar-refractivity contribution is -0.122. The Morgan fingerprint density at radius 2 is 1.79 bits per heavy atom. The third kappa shape index (κ3) is 5.61. The number of thioether (sulfide) groups is 1. The molecule has 1 heterocycles. The molecule has 0 atom stereocenters. The fourth-order valence-corrected chi connectivity index (χ4v) is 5.73. The summed E-state index contributed by atoms with van der Waals surface area (Å²) in [7, 11) is 1.59. The standard InChI is InChI=1S/C30H24BrFN2O3S/c1-3-34-29(35)27(38-30(34)33-24-12-10-23(32)11-13-24)17-20-15-25(31)28(26(16-20)36-2)37-18-19-8-9-21-6-4-5-7-22(21)14-19/h4-17H,3,18H2,1-2H3/b27-17+,33-30?. The van der Waals surface area contributed by atoms with Crippen LogP contribution in [0.5, 0.6) is 11.5 Å². The van der Waals surface area contributed by atoms with Crippen molar-refractivity contribution in [3.63, 3.8) is 0 Å². The van der Waals surface area contributed by atoms with Gasteiger partial charge in [0, 0.05) is 6.54 Å². The number of methoxy groups -OCH3 is 1. The van der Waals surface area contributed by atoms with E-state index in [1.54, 1.807) is 24.1 Å². The predicted octanol–water partition coefficient (Wildman–Crippen LogP) is 7.95. The number of rotatable bonds is 7. The van der Waals surface area contributed by atoms with Crippen LogP contribution < -0.4 is 9.47 Å². The number of hydrogen-bond donors (Lipinski definition) is 0. The quantitative estimate of drug-likeness (QED) is 0.205. The van der Waals surface area contributed by atoms with Crippen LogP contribution in [0.15, 0.2) is 93.2 Å². The molecule has 0 saturated carbocycles. The Kier molecular flexibility index (Phi) is 7.81. The molecule has 0 unspecified atom stereocenters. The zero-order valence-electron chi connectivity index (χ0n) is 20.8. The van der Waals surface area contributed by atoms with E-state index in [1.165, 1.54) is 29.3 Å². The number of hydrogen-bond acceptors (Lipinski definition) is 5. The summed E-state index contributed by atoms with van der Waals surface area (Å²) in [5, 5.41) is 2.89. The van der Waals surface area contributed by atoms with E-state index in [0.29, 0.717) is 44.9 Å². The smallest absolute Gasteiger partial charge is 0.266 e. The summed E-state index contributed by atoms with van der Waals surface area (Å²) in [5.41, 5.74) is 2.41. The van der Waals surface area contributed by atoms with Gasteiger partial charge in [-0.15, -0.1) is 0 Å². The van der Waals surface area contributed by atoms with Crippen molar-refractivity contribution in [2.45, 2.75) is 13.5 Å². The Bertz CT molecular complexity index is 1570. The SMILES string of the molecule is CCN1C(=O)/C(=C\c2cc(Br)c(OCc3ccc4ccccc4c3)c(OC)c2)SC1=Nc1ccc(F)cc1. The molecule has 0 aromatic heterocycles. The molecule has 1 aliphatic rings. The molecule has 0 radical (unpaired) electrons. The largest absolute Gasteiger partial charge is 0.493 e. The van der Waals surface area contributed by atoms with Gasteiger partial charge < -0.3 is 9.47 Å². The highest BCUT2D eigenvalue weighted by molar-refractivity contribution is 9.10. The lowest BCUT2D eigenvalue weighted by atomic mass is 10.1. The first kappa shape index (κ1) is 26.0. The van der Waals surface area contributed by atoms with Gasteiger partial charge in [-0.25, -0.2) is 9.38 Å². The number of carbonyl (C=O) groups is 1. The molecule has 0 N–H and O–H groups in total. The van der Waals surface area contributed by atoms with Crippen molar-refractivity contribution in [2.24, 2.45) is 4.99 Å². The van der Waals surface area contributed by atoms with Gasteiger partial charge in [-0.05, 0) is 105 Å². The first-order valence-corrected chi connectivity index (χ1v) is 13.6. The van der Waals surface area contributed by atoms with Crippen LogP contribution in [0.1, 0.15) is 18.1 Å². The number of fused-ring (bicyclic) bond motifs is 1. The molecular formula is C30H24BrFN2O3S. The van der Waals surface area contributed by atoms with Gasteiger partial charge >= 0.3 is 0 Å². The number of nitrogens with zero attached hydrogens (tertiary/aromatic N) is 2. The minimum absolute atomic E-state index is 0.134. The maximum absolute atomic E-state index is 13.3. The second-order valence-electron chi connectivity index (χ2n) is 8.54. The monoisotopic (exact) mass is 590 g/mol. The number of carbonyl (C=O) groups excluding carboxylic acids is 1. The molecule has 192 valence electrons. The maximum atomic E-state index is 13.3. The molecule has 5 rings (SSSR count). The predicted molar refractivity (Wildman–Crippen MR) is 155 cm³/mol. The summed E-state index contributed by atoms with van der Waals surface area (Å²) in [5.74, 6) is 0.670. The summed E-state index contributed by atoms with van der Waals surface area (Å²) in [6, 6.07) is 24.0. The van der Waals surface area contributed by atoms with E-state index in [2.05, 4.69) is 51.3 Å². The Hall–Kier alpha value is -3.62. The van der Waals surface area contributed by atoms with E-state index in [4.69, 9.17) is 9.47 Å². The summed E-state index contributed by atoms with van der Waals surface area (Å²) in [6.45, 7) is 2.74. The number of halogens is 2. The van der Waals surface area contributed by atoms with Crippen molar-refractivity contribution >= 4 is 61.3 Å². The molecule has 5 nitrogen and oxygen atoms in total. The highest BCUT2D eigenvalue weighted by atomic mass is 79.9. The first-order valence-electron chi connectivity index (χ1n) is 12.0. The summed E-state index contributed by atoms with van der Waals surface area (Å²) < 4.78 is 25.8. The molecule has 0 bridgehead atoms. The van der Waals surface area contributed by atoms with Crippen molar-refractivity contribution in [1.29, 1.82) is 0 Å². The minimum atomic E-state index is -0.332. The van der Waals surface area contributed by atoms with Crippen LogP contribution in [0.2, 0.25) is 0 Å². The third-order valence-electron chi connectivity index (χ3n) is 6.00. The molecule has 0 aliphatic carbocycles. The number of aliphatic imine (C=N–C) groups is 1. The van der Waals surface area contributed by atoms with Gasteiger partial charge in [0.05, 0.1) is 22.2 Å². The normalized spacial score (nSPS) is 15.6. The van der Waals surface area contributed by atoms with Gasteiger partial charge in [0.15, 0.2) is 16.7 Å². The third-order valence-corrected chi connectivity index (χ3v) is 7.60. The van der Waals surface area contributed by atoms with E-state index < -0.39 is 0 Å². The second-order valence-corrected chi connectivity index (χ2v) is 10.4. The molecule has 1 aliphatic heterocycles. The summed E-state index contributed by atoms with van der Waals surface area (Å²) in [4.78, 5) is 19.8. The van der Waals surface area contributed by atoms with Crippen molar-refractivity contribution < 1.29 is 18.7 Å². The van der Waals surface area contributed by atoms with Crippen LogP contribution in [0.3, 0.4) is 0 Å². The molecule has 8 heteroatoms. The number of amidine groups is 1. The molecule has 38 heavy (non-hydrogen) atoms. The van der Waals surface area contributed by atoms with E-state index in [0.717, 1.165) is 16.5 Å². The van der Waals surface area contributed by atoms with Gasteiger partial charge in [-0.3, -0.25) is 9.69 Å². The van der Waals surface area contributed by atoms with Gasteiger partial charge in [0.25, 0.3) is 5.91 Å². The first-order chi connectivity index (χ1) is 18.4.